The topological polar surface area (TPSA) is 73.6 Å². The van der Waals surface area contributed by atoms with Crippen molar-refractivity contribution in [3.05, 3.63) is 35.9 Å². The van der Waals surface area contributed by atoms with Crippen molar-refractivity contribution < 1.29 is 14.3 Å². The molecule has 0 aliphatic carbocycles. The van der Waals surface area contributed by atoms with Gasteiger partial charge in [-0.3, -0.25) is 10.2 Å². The molecule has 5 nitrogen and oxygen atoms in total. The van der Waals surface area contributed by atoms with Gasteiger partial charge in [0.25, 0.3) is 5.91 Å². The van der Waals surface area contributed by atoms with Crippen LogP contribution in [0, 0.1) is 0 Å². The Kier molecular flexibility index (Phi) is 4.69. The standard InChI is InChI=1S/C13H18N2O3/c14-15-13(16)12-7-6-11(18-12)9-17-8-10-4-2-1-3-5-10/h1-5,11-12H,6-9,14H2,(H,15,16). The van der Waals surface area contributed by atoms with Gasteiger partial charge in [-0.2, -0.15) is 0 Å². The Morgan fingerprint density at radius 2 is 2.17 bits per heavy atom. The first-order valence-electron chi connectivity index (χ1n) is 6.07. The summed E-state index contributed by atoms with van der Waals surface area (Å²) < 4.78 is 11.1. The average molecular weight is 250 g/mol. The molecule has 2 rings (SSSR count). The number of carbonyl (C=O) groups excluding carboxylic acids is 1. The minimum Gasteiger partial charge on any atom is -0.374 e. The summed E-state index contributed by atoms with van der Waals surface area (Å²) in [7, 11) is 0. The van der Waals surface area contributed by atoms with E-state index < -0.39 is 6.10 Å². The van der Waals surface area contributed by atoms with Gasteiger partial charge in [-0.15, -0.1) is 0 Å². The maximum Gasteiger partial charge on any atom is 0.263 e. The highest BCUT2D eigenvalue weighted by atomic mass is 16.5. The SMILES string of the molecule is NNC(=O)C1CCC(COCc2ccccc2)O1. The third-order valence-corrected chi connectivity index (χ3v) is 2.96. The second kappa shape index (κ2) is 6.49. The molecule has 0 spiro atoms. The second-order valence-corrected chi connectivity index (χ2v) is 4.33. The van der Waals surface area contributed by atoms with Gasteiger partial charge >= 0.3 is 0 Å². The summed E-state index contributed by atoms with van der Waals surface area (Å²) in [5, 5.41) is 0. The predicted octanol–water partition coefficient (Wildman–Crippen LogP) is 0.741. The summed E-state index contributed by atoms with van der Waals surface area (Å²) in [4.78, 5) is 11.3. The van der Waals surface area contributed by atoms with E-state index in [1.54, 1.807) is 0 Å². The van der Waals surface area contributed by atoms with Crippen molar-refractivity contribution in [3.8, 4) is 0 Å². The van der Waals surface area contributed by atoms with Crippen LogP contribution in [0.3, 0.4) is 0 Å². The molecule has 0 saturated carbocycles. The highest BCUT2D eigenvalue weighted by molar-refractivity contribution is 5.80. The quantitative estimate of drug-likeness (QED) is 0.459. The van der Waals surface area contributed by atoms with Crippen molar-refractivity contribution in [3.63, 3.8) is 0 Å². The molecule has 0 aromatic heterocycles. The molecule has 1 aliphatic rings. The van der Waals surface area contributed by atoms with Crippen LogP contribution in [-0.4, -0.2) is 24.7 Å². The van der Waals surface area contributed by atoms with E-state index in [0.717, 1.165) is 12.0 Å². The van der Waals surface area contributed by atoms with Crippen molar-refractivity contribution in [2.75, 3.05) is 6.61 Å². The Morgan fingerprint density at radius 3 is 2.89 bits per heavy atom. The van der Waals surface area contributed by atoms with E-state index in [-0.39, 0.29) is 12.0 Å². The van der Waals surface area contributed by atoms with Crippen molar-refractivity contribution in [2.45, 2.75) is 31.7 Å². The molecule has 1 heterocycles. The highest BCUT2D eigenvalue weighted by Crippen LogP contribution is 2.20. The summed E-state index contributed by atoms with van der Waals surface area (Å²) in [5.74, 6) is 4.80. The summed E-state index contributed by atoms with van der Waals surface area (Å²) in [6, 6.07) is 9.96. The van der Waals surface area contributed by atoms with Crippen molar-refractivity contribution in [1.29, 1.82) is 0 Å². The van der Waals surface area contributed by atoms with Gasteiger partial charge in [0, 0.05) is 0 Å². The van der Waals surface area contributed by atoms with Gasteiger partial charge in [0.1, 0.15) is 6.10 Å². The number of hydrazine groups is 1. The summed E-state index contributed by atoms with van der Waals surface area (Å²) in [6.07, 6.45) is 1.08. The Labute approximate surface area is 106 Å². The lowest BCUT2D eigenvalue weighted by atomic mass is 10.2. The van der Waals surface area contributed by atoms with Gasteiger partial charge in [0.05, 0.1) is 19.3 Å². The molecule has 1 fully saturated rings. The van der Waals surface area contributed by atoms with Crippen LogP contribution in [0.2, 0.25) is 0 Å². The van der Waals surface area contributed by atoms with Crippen LogP contribution in [0.4, 0.5) is 0 Å². The van der Waals surface area contributed by atoms with Gasteiger partial charge in [0.2, 0.25) is 0 Å². The third kappa shape index (κ3) is 3.53. The molecule has 1 aliphatic heterocycles. The number of nitrogens with two attached hydrogens (primary N) is 1. The fraction of sp³-hybridized carbons (Fsp3) is 0.462. The lowest BCUT2D eigenvalue weighted by molar-refractivity contribution is -0.133. The number of hydrogen-bond acceptors (Lipinski definition) is 4. The summed E-state index contributed by atoms with van der Waals surface area (Å²) in [5.41, 5.74) is 3.24. The molecule has 2 atom stereocenters. The van der Waals surface area contributed by atoms with E-state index >= 15 is 0 Å². The smallest absolute Gasteiger partial charge is 0.263 e. The van der Waals surface area contributed by atoms with E-state index in [0.29, 0.717) is 19.6 Å². The first-order valence-corrected chi connectivity index (χ1v) is 6.07. The summed E-state index contributed by atoms with van der Waals surface area (Å²) >= 11 is 0. The largest absolute Gasteiger partial charge is 0.374 e. The monoisotopic (exact) mass is 250 g/mol. The van der Waals surface area contributed by atoms with Gasteiger partial charge in [-0.1, -0.05) is 30.3 Å². The molecule has 1 aromatic rings. The van der Waals surface area contributed by atoms with Gasteiger partial charge in [-0.25, -0.2) is 5.84 Å². The van der Waals surface area contributed by atoms with Crippen LogP contribution in [0.5, 0.6) is 0 Å². The molecular formula is C13H18N2O3. The van der Waals surface area contributed by atoms with Crippen molar-refractivity contribution in [2.24, 2.45) is 5.84 Å². The molecule has 3 N–H and O–H groups in total. The molecule has 0 radical (unpaired) electrons. The number of rotatable bonds is 5. The van der Waals surface area contributed by atoms with Crippen molar-refractivity contribution in [1.82, 2.24) is 5.43 Å². The first-order chi connectivity index (χ1) is 8.79. The highest BCUT2D eigenvalue weighted by Gasteiger charge is 2.30. The number of hydrogen-bond donors (Lipinski definition) is 2. The van der Waals surface area contributed by atoms with Gasteiger partial charge in [0.15, 0.2) is 0 Å². The number of benzene rings is 1. The van der Waals surface area contributed by atoms with E-state index in [2.05, 4.69) is 5.43 Å². The molecule has 98 valence electrons. The molecule has 1 aromatic carbocycles. The van der Waals surface area contributed by atoms with E-state index in [9.17, 15) is 4.79 Å². The fourth-order valence-electron chi connectivity index (χ4n) is 2.00. The van der Waals surface area contributed by atoms with Crippen molar-refractivity contribution >= 4 is 5.91 Å². The molecule has 1 amide bonds. The van der Waals surface area contributed by atoms with Crippen LogP contribution in [0.1, 0.15) is 18.4 Å². The van der Waals surface area contributed by atoms with Gasteiger partial charge in [-0.05, 0) is 18.4 Å². The first kappa shape index (κ1) is 13.0. The summed E-state index contributed by atoms with van der Waals surface area (Å²) in [6.45, 7) is 1.07. The predicted molar refractivity (Wildman–Crippen MR) is 66.3 cm³/mol. The maximum absolute atomic E-state index is 11.3. The fourth-order valence-corrected chi connectivity index (χ4v) is 2.00. The molecule has 1 saturated heterocycles. The van der Waals surface area contributed by atoms with Crippen LogP contribution in [0.15, 0.2) is 30.3 Å². The maximum atomic E-state index is 11.3. The van der Waals surface area contributed by atoms with E-state index in [1.807, 2.05) is 30.3 Å². The molecule has 0 bridgehead atoms. The Balaban J connectivity index is 1.68. The lowest BCUT2D eigenvalue weighted by Crippen LogP contribution is -2.39. The zero-order valence-corrected chi connectivity index (χ0v) is 10.2. The Morgan fingerprint density at radius 1 is 1.39 bits per heavy atom. The number of ether oxygens (including phenoxy) is 2. The third-order valence-electron chi connectivity index (χ3n) is 2.96. The molecule has 2 unspecified atom stereocenters. The van der Waals surface area contributed by atoms with E-state index in [4.69, 9.17) is 15.3 Å². The number of nitrogens with one attached hydrogen (secondary N) is 1. The molecular weight excluding hydrogens is 232 g/mol. The zero-order chi connectivity index (χ0) is 12.8. The van der Waals surface area contributed by atoms with Crippen LogP contribution >= 0.6 is 0 Å². The van der Waals surface area contributed by atoms with Gasteiger partial charge < -0.3 is 9.47 Å². The Bertz CT molecular complexity index is 383. The minimum atomic E-state index is -0.430. The molecule has 5 heteroatoms. The van der Waals surface area contributed by atoms with Crippen LogP contribution in [-0.2, 0) is 20.9 Å². The second-order valence-electron chi connectivity index (χ2n) is 4.33. The minimum absolute atomic E-state index is 0.0176. The Hall–Kier alpha value is -1.43. The normalized spacial score (nSPS) is 22.9. The van der Waals surface area contributed by atoms with E-state index in [1.165, 1.54) is 0 Å². The lowest BCUT2D eigenvalue weighted by Gasteiger charge is -2.12. The number of amides is 1. The number of carbonyl (C=O) groups is 1. The average Bonchev–Trinajstić information content (AvgIpc) is 2.88. The molecule has 18 heavy (non-hydrogen) atoms. The van der Waals surface area contributed by atoms with Crippen LogP contribution < -0.4 is 11.3 Å². The zero-order valence-electron chi connectivity index (χ0n) is 10.2. The van der Waals surface area contributed by atoms with Crippen LogP contribution in [0.25, 0.3) is 0 Å².